The molecule has 3 heteroatoms. The molecule has 0 aromatic rings. The third kappa shape index (κ3) is 4.15. The Morgan fingerprint density at radius 1 is 1.11 bits per heavy atom. The molecule has 4 aliphatic carbocycles. The molecule has 38 heavy (non-hydrogen) atoms. The molecule has 0 radical (unpaired) electrons. The molecular weight excluding hydrogens is 468 g/mol. The fraction of sp³-hybridized carbons (Fsp3) is 0.800. The summed E-state index contributed by atoms with van der Waals surface area (Å²) >= 11 is 0. The van der Waals surface area contributed by atoms with Gasteiger partial charge in [-0.1, -0.05) is 86.0 Å². The second-order valence-corrected chi connectivity index (χ2v) is 15.3. The molecule has 0 aliphatic heterocycles. The van der Waals surface area contributed by atoms with Gasteiger partial charge in [-0.2, -0.15) is 0 Å². The predicted molar refractivity (Wildman–Crippen MR) is 155 cm³/mol. The summed E-state index contributed by atoms with van der Waals surface area (Å²) in [4.78, 5) is 41.6. The second kappa shape index (κ2) is 9.84. The number of hydrogen-bond donors (Lipinski definition) is 0. The largest absolute Gasteiger partial charge is 0.299 e. The first-order chi connectivity index (χ1) is 17.5. The van der Waals surface area contributed by atoms with E-state index in [1.165, 1.54) is 25.3 Å². The lowest BCUT2D eigenvalue weighted by Crippen LogP contribution is -2.66. The third-order valence-electron chi connectivity index (χ3n) is 12.6. The van der Waals surface area contributed by atoms with E-state index in [0.29, 0.717) is 35.0 Å². The summed E-state index contributed by atoms with van der Waals surface area (Å²) in [7, 11) is 0. The molecule has 4 aliphatic rings. The van der Waals surface area contributed by atoms with Crippen molar-refractivity contribution < 1.29 is 14.4 Å². The number of ketones is 3. The number of rotatable bonds is 6. The van der Waals surface area contributed by atoms with Crippen LogP contribution in [0.3, 0.4) is 0 Å². The molecule has 0 bridgehead atoms. The van der Waals surface area contributed by atoms with E-state index < -0.39 is 5.41 Å². The molecule has 0 saturated heterocycles. The van der Waals surface area contributed by atoms with Gasteiger partial charge in [-0.15, -0.1) is 0 Å². The lowest BCUT2D eigenvalue weighted by molar-refractivity contribution is -0.186. The van der Waals surface area contributed by atoms with Crippen LogP contribution in [-0.2, 0) is 14.4 Å². The molecule has 0 spiro atoms. The third-order valence-corrected chi connectivity index (χ3v) is 12.6. The highest BCUT2D eigenvalue weighted by Gasteiger charge is 2.69. The molecule has 2 fully saturated rings. The molecule has 0 heterocycles. The van der Waals surface area contributed by atoms with Gasteiger partial charge >= 0.3 is 0 Å². The van der Waals surface area contributed by atoms with E-state index in [9.17, 15) is 14.4 Å². The Hall–Kier alpha value is -1.51. The molecule has 2 saturated carbocycles. The maximum Gasteiger partial charge on any atom is 0.173 e. The molecule has 3 nitrogen and oxygen atoms in total. The van der Waals surface area contributed by atoms with Crippen LogP contribution in [0.5, 0.6) is 0 Å². The molecule has 0 amide bonds. The summed E-state index contributed by atoms with van der Waals surface area (Å²) in [5, 5.41) is 0. The van der Waals surface area contributed by atoms with Crippen LogP contribution in [0.4, 0.5) is 0 Å². The maximum absolute atomic E-state index is 14.8. The van der Waals surface area contributed by atoms with Gasteiger partial charge in [0.1, 0.15) is 5.78 Å². The fourth-order valence-corrected chi connectivity index (χ4v) is 10.2. The van der Waals surface area contributed by atoms with Crippen molar-refractivity contribution in [2.75, 3.05) is 0 Å². The molecule has 0 aromatic carbocycles. The topological polar surface area (TPSA) is 51.2 Å². The van der Waals surface area contributed by atoms with Crippen LogP contribution in [0, 0.1) is 63.6 Å². The number of fused-ring (bicyclic) bond motifs is 3. The summed E-state index contributed by atoms with van der Waals surface area (Å²) in [6, 6.07) is 0. The Kier molecular flexibility index (Phi) is 7.63. The highest BCUT2D eigenvalue weighted by molar-refractivity contribution is 6.22. The lowest BCUT2D eigenvalue weighted by Gasteiger charge is -2.66. The van der Waals surface area contributed by atoms with Crippen LogP contribution in [-0.4, -0.2) is 17.3 Å². The molecule has 212 valence electrons. The SMILES string of the molecule is CCC(C)CCC1=CC(C(C)C)C2CC3(C)CC4(C)CC(C)=C(C(C)=O)C(=O)C4(C)C(C)C3C(=O)C2C1C. The van der Waals surface area contributed by atoms with E-state index >= 15 is 0 Å². The van der Waals surface area contributed by atoms with Crippen LogP contribution in [0.2, 0.25) is 0 Å². The first kappa shape index (κ1) is 29.5. The van der Waals surface area contributed by atoms with Crippen LogP contribution >= 0.6 is 0 Å². The van der Waals surface area contributed by atoms with Crippen molar-refractivity contribution in [2.24, 2.45) is 63.6 Å². The lowest BCUT2D eigenvalue weighted by atomic mass is 9.35. The van der Waals surface area contributed by atoms with Gasteiger partial charge in [0.05, 0.1) is 5.57 Å². The van der Waals surface area contributed by atoms with Gasteiger partial charge in [-0.05, 0) is 92.3 Å². The zero-order valence-electron chi connectivity index (χ0n) is 26.2. The van der Waals surface area contributed by atoms with E-state index in [1.54, 1.807) is 0 Å². The van der Waals surface area contributed by atoms with Gasteiger partial charge < -0.3 is 0 Å². The average molecular weight is 523 g/mol. The highest BCUT2D eigenvalue weighted by atomic mass is 16.2. The van der Waals surface area contributed by atoms with Crippen molar-refractivity contribution in [3.63, 3.8) is 0 Å². The molecule has 10 atom stereocenters. The van der Waals surface area contributed by atoms with Crippen molar-refractivity contribution in [3.05, 3.63) is 22.8 Å². The second-order valence-electron chi connectivity index (χ2n) is 15.3. The summed E-state index contributed by atoms with van der Waals surface area (Å²) in [5.41, 5.74) is 1.75. The van der Waals surface area contributed by atoms with Crippen molar-refractivity contribution in [1.82, 2.24) is 0 Å². The van der Waals surface area contributed by atoms with Crippen LogP contribution in [0.1, 0.15) is 115 Å². The van der Waals surface area contributed by atoms with Gasteiger partial charge in [0.25, 0.3) is 0 Å². The smallest absolute Gasteiger partial charge is 0.173 e. The summed E-state index contributed by atoms with van der Waals surface area (Å²) in [5.74, 6) is 2.36. The number of allylic oxidation sites excluding steroid dienone is 4. The van der Waals surface area contributed by atoms with Crippen LogP contribution < -0.4 is 0 Å². The number of Topliss-reactive ketones (excluding diaryl/α,β-unsaturated/α-hetero) is 3. The maximum atomic E-state index is 14.8. The Labute approximate surface area is 232 Å². The van der Waals surface area contributed by atoms with E-state index in [1.807, 2.05) is 6.92 Å². The Morgan fingerprint density at radius 2 is 1.74 bits per heavy atom. The van der Waals surface area contributed by atoms with E-state index in [4.69, 9.17) is 0 Å². The Bertz CT molecular complexity index is 1080. The summed E-state index contributed by atoms with van der Waals surface area (Å²) in [6.45, 7) is 24.0. The van der Waals surface area contributed by atoms with Gasteiger partial charge in [0, 0.05) is 17.3 Å². The van der Waals surface area contributed by atoms with Gasteiger partial charge in [0.2, 0.25) is 0 Å². The van der Waals surface area contributed by atoms with Crippen molar-refractivity contribution in [1.29, 1.82) is 0 Å². The summed E-state index contributed by atoms with van der Waals surface area (Å²) in [6.07, 6.45) is 8.76. The average Bonchev–Trinajstić information content (AvgIpc) is 2.79. The van der Waals surface area contributed by atoms with Gasteiger partial charge in [0.15, 0.2) is 11.6 Å². The minimum absolute atomic E-state index is 0.00777. The van der Waals surface area contributed by atoms with Gasteiger partial charge in [-0.25, -0.2) is 0 Å². The van der Waals surface area contributed by atoms with E-state index in [-0.39, 0.29) is 46.1 Å². The zero-order chi connectivity index (χ0) is 28.5. The Balaban J connectivity index is 1.79. The van der Waals surface area contributed by atoms with Gasteiger partial charge in [-0.3, -0.25) is 14.4 Å². The van der Waals surface area contributed by atoms with Crippen LogP contribution in [0.25, 0.3) is 0 Å². The minimum Gasteiger partial charge on any atom is -0.299 e. The van der Waals surface area contributed by atoms with Crippen molar-refractivity contribution in [2.45, 2.75) is 115 Å². The van der Waals surface area contributed by atoms with Crippen molar-refractivity contribution in [3.8, 4) is 0 Å². The number of hydrogen-bond acceptors (Lipinski definition) is 3. The number of carbonyl (C=O) groups is 3. The monoisotopic (exact) mass is 522 g/mol. The minimum atomic E-state index is -0.704. The Morgan fingerprint density at radius 3 is 2.29 bits per heavy atom. The quantitative estimate of drug-likeness (QED) is 0.260. The predicted octanol–water partition coefficient (Wildman–Crippen LogP) is 8.42. The molecule has 10 unspecified atom stereocenters. The highest BCUT2D eigenvalue weighted by Crippen LogP contribution is 2.70. The fourth-order valence-electron chi connectivity index (χ4n) is 10.2. The molecular formula is C35H54O3. The molecule has 4 rings (SSSR count). The van der Waals surface area contributed by atoms with E-state index in [2.05, 4.69) is 68.4 Å². The number of carbonyl (C=O) groups excluding carboxylic acids is 3. The van der Waals surface area contributed by atoms with Crippen molar-refractivity contribution >= 4 is 17.3 Å². The standard InChI is InChI=1S/C35H54O3/c1-12-20(4)13-14-25-15-26(19(2)3)27-17-33(9)18-34(10)16-21(5)28(24(8)36)32(38)35(34,11)23(7)30(33)31(37)29(27)22(25)6/h15,19-20,22-23,26-27,29-30H,12-14,16-18H2,1-11H3. The van der Waals surface area contributed by atoms with E-state index in [0.717, 1.165) is 31.3 Å². The normalized spacial score (nSPS) is 43.8. The first-order valence-corrected chi connectivity index (χ1v) is 15.5. The first-order valence-electron chi connectivity index (χ1n) is 15.5. The van der Waals surface area contributed by atoms with Crippen LogP contribution in [0.15, 0.2) is 22.8 Å². The molecule has 0 aromatic heterocycles. The molecule has 0 N–H and O–H groups in total. The zero-order valence-corrected chi connectivity index (χ0v) is 26.2. The summed E-state index contributed by atoms with van der Waals surface area (Å²) < 4.78 is 0.